The van der Waals surface area contributed by atoms with E-state index in [9.17, 15) is 4.39 Å². The Morgan fingerprint density at radius 3 is 2.79 bits per heavy atom. The monoisotopic (exact) mass is 262 g/mol. The maximum absolute atomic E-state index is 13.6. The van der Waals surface area contributed by atoms with Crippen LogP contribution < -0.4 is 5.73 Å². The average molecular weight is 262 g/mol. The Labute approximate surface area is 115 Å². The van der Waals surface area contributed by atoms with E-state index in [0.717, 1.165) is 18.5 Å². The molecule has 1 rings (SSSR count). The molecule has 1 unspecified atom stereocenters. The van der Waals surface area contributed by atoms with Gasteiger partial charge in [0.1, 0.15) is 5.82 Å². The Hall–Kier alpha value is -1.37. The first-order valence-corrected chi connectivity index (χ1v) is 6.76. The molecule has 1 atom stereocenters. The molecule has 0 saturated heterocycles. The van der Waals surface area contributed by atoms with Crippen molar-refractivity contribution in [1.82, 2.24) is 4.90 Å². The number of nitrogens with two attached hydrogens (primary N) is 1. The summed E-state index contributed by atoms with van der Waals surface area (Å²) in [7, 11) is 2.09. The zero-order valence-electron chi connectivity index (χ0n) is 12.0. The van der Waals surface area contributed by atoms with Gasteiger partial charge in [-0.15, -0.1) is 0 Å². The summed E-state index contributed by atoms with van der Waals surface area (Å²) in [6.45, 7) is 5.45. The van der Waals surface area contributed by atoms with Crippen LogP contribution >= 0.6 is 0 Å². The molecule has 0 heterocycles. The Morgan fingerprint density at radius 2 is 2.16 bits per heavy atom. The van der Waals surface area contributed by atoms with Crippen LogP contribution in [0.25, 0.3) is 0 Å². The van der Waals surface area contributed by atoms with E-state index in [0.29, 0.717) is 11.6 Å². The second-order valence-electron chi connectivity index (χ2n) is 4.87. The number of hydrogen-bond acceptors (Lipinski definition) is 2. The molecule has 2 N–H and O–H groups in total. The van der Waals surface area contributed by atoms with Crippen LogP contribution in [0.3, 0.4) is 0 Å². The molecule has 0 bridgehead atoms. The predicted octanol–water partition coefficient (Wildman–Crippen LogP) is 2.76. The van der Waals surface area contributed by atoms with Crippen molar-refractivity contribution in [3.63, 3.8) is 0 Å². The molecular weight excluding hydrogens is 239 g/mol. The molecule has 3 heteroatoms. The molecule has 1 aromatic rings. The molecule has 19 heavy (non-hydrogen) atoms. The van der Waals surface area contributed by atoms with Gasteiger partial charge in [0.25, 0.3) is 0 Å². The fourth-order valence-corrected chi connectivity index (χ4v) is 1.99. The third-order valence-corrected chi connectivity index (χ3v) is 3.25. The lowest BCUT2D eigenvalue weighted by Gasteiger charge is -2.24. The Kier molecular flexibility index (Phi) is 6.55. The molecular formula is C16H23FN2. The highest BCUT2D eigenvalue weighted by Gasteiger charge is 2.09. The van der Waals surface area contributed by atoms with E-state index in [1.165, 1.54) is 12.5 Å². The molecule has 0 radical (unpaired) electrons. The van der Waals surface area contributed by atoms with E-state index in [1.54, 1.807) is 0 Å². The highest BCUT2D eigenvalue weighted by molar-refractivity contribution is 5.38. The summed E-state index contributed by atoms with van der Waals surface area (Å²) in [6.07, 6.45) is 2.33. The summed E-state index contributed by atoms with van der Waals surface area (Å²) in [5.41, 5.74) is 6.82. The topological polar surface area (TPSA) is 29.3 Å². The molecule has 0 spiro atoms. The van der Waals surface area contributed by atoms with E-state index in [1.807, 2.05) is 12.1 Å². The standard InChI is InChI=1S/C16H23FN2/c1-4-6-13(2)19(3)12-14-8-9-16(17)15(11-14)7-5-10-18/h8-9,11,13H,4,6,10,12,18H2,1-3H3. The highest BCUT2D eigenvalue weighted by Crippen LogP contribution is 2.13. The van der Waals surface area contributed by atoms with Crippen LogP contribution in [0.15, 0.2) is 18.2 Å². The first kappa shape index (κ1) is 15.7. The number of hydrogen-bond donors (Lipinski definition) is 1. The molecule has 0 aliphatic heterocycles. The van der Waals surface area contributed by atoms with Gasteiger partial charge >= 0.3 is 0 Å². The molecule has 0 saturated carbocycles. The van der Waals surface area contributed by atoms with Gasteiger partial charge in [0.05, 0.1) is 12.1 Å². The van der Waals surface area contributed by atoms with Crippen molar-refractivity contribution < 1.29 is 4.39 Å². The lowest BCUT2D eigenvalue weighted by molar-refractivity contribution is 0.237. The van der Waals surface area contributed by atoms with Crippen molar-refractivity contribution in [3.8, 4) is 11.8 Å². The number of nitrogens with zero attached hydrogens (tertiary/aromatic N) is 1. The summed E-state index contributed by atoms with van der Waals surface area (Å²) in [6, 6.07) is 5.63. The summed E-state index contributed by atoms with van der Waals surface area (Å²) >= 11 is 0. The lowest BCUT2D eigenvalue weighted by Crippen LogP contribution is -2.28. The summed E-state index contributed by atoms with van der Waals surface area (Å²) in [4.78, 5) is 2.27. The van der Waals surface area contributed by atoms with Crippen molar-refractivity contribution in [2.24, 2.45) is 5.73 Å². The van der Waals surface area contributed by atoms with Gasteiger partial charge < -0.3 is 5.73 Å². The first-order chi connectivity index (χ1) is 9.08. The lowest BCUT2D eigenvalue weighted by atomic mass is 10.1. The maximum atomic E-state index is 13.6. The molecule has 2 nitrogen and oxygen atoms in total. The van der Waals surface area contributed by atoms with Gasteiger partial charge in [0.15, 0.2) is 0 Å². The summed E-state index contributed by atoms with van der Waals surface area (Å²) < 4.78 is 13.6. The van der Waals surface area contributed by atoms with Gasteiger partial charge in [-0.05, 0) is 38.1 Å². The molecule has 0 aromatic heterocycles. The smallest absolute Gasteiger partial charge is 0.138 e. The molecule has 0 aliphatic rings. The maximum Gasteiger partial charge on any atom is 0.138 e. The summed E-state index contributed by atoms with van der Waals surface area (Å²) in [5, 5.41) is 0. The van der Waals surface area contributed by atoms with Gasteiger partial charge in [-0.3, -0.25) is 4.90 Å². The van der Waals surface area contributed by atoms with Crippen LogP contribution in [0.5, 0.6) is 0 Å². The van der Waals surface area contributed by atoms with Crippen molar-refractivity contribution in [3.05, 3.63) is 35.1 Å². The second kappa shape index (κ2) is 7.93. The van der Waals surface area contributed by atoms with Gasteiger partial charge in [-0.1, -0.05) is 31.3 Å². The van der Waals surface area contributed by atoms with Crippen molar-refractivity contribution in [2.75, 3.05) is 13.6 Å². The quantitative estimate of drug-likeness (QED) is 0.827. The number of rotatable bonds is 5. The molecule has 0 amide bonds. The third kappa shape index (κ3) is 5.02. The minimum Gasteiger partial charge on any atom is -0.320 e. The molecule has 0 fully saturated rings. The first-order valence-electron chi connectivity index (χ1n) is 6.76. The molecule has 1 aromatic carbocycles. The van der Waals surface area contributed by atoms with E-state index in [4.69, 9.17) is 5.73 Å². The van der Waals surface area contributed by atoms with E-state index >= 15 is 0 Å². The zero-order chi connectivity index (χ0) is 14.3. The van der Waals surface area contributed by atoms with Crippen molar-refractivity contribution in [2.45, 2.75) is 39.3 Å². The minimum absolute atomic E-state index is 0.247. The number of halogens is 1. The minimum atomic E-state index is -0.283. The second-order valence-corrected chi connectivity index (χ2v) is 4.87. The molecule has 104 valence electrons. The fourth-order valence-electron chi connectivity index (χ4n) is 1.99. The van der Waals surface area contributed by atoms with Crippen LogP contribution in [-0.4, -0.2) is 24.5 Å². The van der Waals surface area contributed by atoms with Crippen LogP contribution in [0.2, 0.25) is 0 Å². The van der Waals surface area contributed by atoms with Crippen molar-refractivity contribution >= 4 is 0 Å². The zero-order valence-corrected chi connectivity index (χ0v) is 12.0. The average Bonchev–Trinajstić information content (AvgIpc) is 2.39. The molecule has 0 aliphatic carbocycles. The van der Waals surface area contributed by atoms with Gasteiger partial charge in [0, 0.05) is 12.6 Å². The largest absolute Gasteiger partial charge is 0.320 e. The predicted molar refractivity (Wildman–Crippen MR) is 78.2 cm³/mol. The van der Waals surface area contributed by atoms with E-state index in [-0.39, 0.29) is 12.4 Å². The highest BCUT2D eigenvalue weighted by atomic mass is 19.1. The van der Waals surface area contributed by atoms with Gasteiger partial charge in [-0.25, -0.2) is 4.39 Å². The Bertz CT molecular complexity index is 460. The normalized spacial score (nSPS) is 12.1. The van der Waals surface area contributed by atoms with E-state index in [2.05, 4.69) is 37.6 Å². The Balaban J connectivity index is 2.79. The van der Waals surface area contributed by atoms with Crippen LogP contribution in [0.1, 0.15) is 37.8 Å². The van der Waals surface area contributed by atoms with Crippen LogP contribution in [0, 0.1) is 17.7 Å². The van der Waals surface area contributed by atoms with Gasteiger partial charge in [0.2, 0.25) is 0 Å². The van der Waals surface area contributed by atoms with Crippen molar-refractivity contribution in [1.29, 1.82) is 0 Å². The SMILES string of the molecule is CCCC(C)N(C)Cc1ccc(F)c(C#CCN)c1. The van der Waals surface area contributed by atoms with Crippen LogP contribution in [0.4, 0.5) is 4.39 Å². The van der Waals surface area contributed by atoms with E-state index < -0.39 is 0 Å². The van der Waals surface area contributed by atoms with Gasteiger partial charge in [-0.2, -0.15) is 0 Å². The fraction of sp³-hybridized carbons (Fsp3) is 0.500. The van der Waals surface area contributed by atoms with Crippen LogP contribution in [-0.2, 0) is 6.54 Å². The summed E-state index contributed by atoms with van der Waals surface area (Å²) in [5.74, 6) is 5.18. The Morgan fingerprint density at radius 1 is 1.42 bits per heavy atom. The third-order valence-electron chi connectivity index (χ3n) is 3.25. The number of benzene rings is 1.